The average Bonchev–Trinajstić information content (AvgIpc) is 2.29. The Bertz CT molecular complexity index is 397. The Morgan fingerprint density at radius 2 is 1.81 bits per heavy atom. The molecule has 0 bridgehead atoms. The Balaban J connectivity index is 2.20. The van der Waals surface area contributed by atoms with Gasteiger partial charge in [0, 0.05) is 5.69 Å². The Morgan fingerprint density at radius 3 is 2.25 bits per heavy atom. The Labute approximate surface area is 96.2 Å². The molecule has 2 N–H and O–H groups in total. The molecule has 1 amide bonds. The van der Waals surface area contributed by atoms with Gasteiger partial charge in [-0.3, -0.25) is 4.79 Å². The molecule has 1 aromatic rings. The third-order valence-corrected chi connectivity index (χ3v) is 3.29. The number of nitrogens with zero attached hydrogens (tertiary/aromatic N) is 1. The zero-order valence-electron chi connectivity index (χ0n) is 9.97. The second-order valence-corrected chi connectivity index (χ2v) is 4.72. The molecule has 1 fully saturated rings. The van der Waals surface area contributed by atoms with Gasteiger partial charge >= 0.3 is 0 Å². The van der Waals surface area contributed by atoms with Crippen LogP contribution in [0.2, 0.25) is 0 Å². The van der Waals surface area contributed by atoms with Crippen molar-refractivity contribution in [1.29, 1.82) is 0 Å². The fourth-order valence-electron chi connectivity index (χ4n) is 2.03. The fourth-order valence-corrected chi connectivity index (χ4v) is 2.03. The van der Waals surface area contributed by atoms with Gasteiger partial charge in [0.05, 0.1) is 6.04 Å². The fraction of sp³-hybridized carbons (Fsp3) is 0.462. The van der Waals surface area contributed by atoms with E-state index in [1.54, 1.807) is 4.90 Å². The predicted molar refractivity (Wildman–Crippen MR) is 65.5 cm³/mol. The third-order valence-electron chi connectivity index (χ3n) is 3.29. The van der Waals surface area contributed by atoms with Crippen molar-refractivity contribution in [2.45, 2.75) is 38.8 Å². The van der Waals surface area contributed by atoms with Crippen LogP contribution in [-0.2, 0) is 4.79 Å². The van der Waals surface area contributed by atoms with Crippen molar-refractivity contribution in [3.8, 4) is 0 Å². The highest BCUT2D eigenvalue weighted by atomic mass is 16.2. The van der Waals surface area contributed by atoms with Crippen molar-refractivity contribution in [1.82, 2.24) is 0 Å². The average molecular weight is 218 g/mol. The van der Waals surface area contributed by atoms with Crippen LogP contribution >= 0.6 is 0 Å². The van der Waals surface area contributed by atoms with Gasteiger partial charge in [-0.05, 0) is 30.5 Å². The van der Waals surface area contributed by atoms with Crippen molar-refractivity contribution < 1.29 is 4.79 Å². The van der Waals surface area contributed by atoms with E-state index < -0.39 is 0 Å². The number of benzene rings is 1. The van der Waals surface area contributed by atoms with Gasteiger partial charge in [-0.2, -0.15) is 0 Å². The van der Waals surface area contributed by atoms with E-state index in [0.29, 0.717) is 5.92 Å². The summed E-state index contributed by atoms with van der Waals surface area (Å²) in [5.41, 5.74) is 7.91. The molecule has 0 aliphatic carbocycles. The molecule has 1 aliphatic rings. The number of hydrogen-bond donors (Lipinski definition) is 1. The van der Waals surface area contributed by atoms with E-state index in [1.165, 1.54) is 5.56 Å². The molecule has 0 unspecified atom stereocenters. The molecular weight excluding hydrogens is 200 g/mol. The van der Waals surface area contributed by atoms with E-state index in [9.17, 15) is 4.79 Å². The quantitative estimate of drug-likeness (QED) is 0.770. The van der Waals surface area contributed by atoms with Crippen molar-refractivity contribution in [3.63, 3.8) is 0 Å². The van der Waals surface area contributed by atoms with E-state index >= 15 is 0 Å². The Morgan fingerprint density at radius 1 is 1.25 bits per heavy atom. The van der Waals surface area contributed by atoms with Crippen molar-refractivity contribution in [2.75, 3.05) is 4.90 Å². The van der Waals surface area contributed by atoms with Gasteiger partial charge in [0.2, 0.25) is 5.91 Å². The Kier molecular flexibility index (Phi) is 2.72. The standard InChI is InChI=1S/C13H18N2O/c1-8(2)10-4-6-11(7-5-10)15-9(3)12(14)13(15)16/h4-9,12H,14H2,1-3H3/t9-,12+/m1/s1. The number of β-lactam (4-membered cyclic amide) rings is 1. The largest absolute Gasteiger partial charge is 0.318 e. The maximum absolute atomic E-state index is 11.6. The van der Waals surface area contributed by atoms with Gasteiger partial charge < -0.3 is 10.6 Å². The summed E-state index contributed by atoms with van der Waals surface area (Å²) < 4.78 is 0. The lowest BCUT2D eigenvalue weighted by molar-refractivity contribution is -0.125. The molecule has 2 atom stereocenters. The van der Waals surface area contributed by atoms with Gasteiger partial charge in [0.15, 0.2) is 0 Å². The number of hydrogen-bond acceptors (Lipinski definition) is 2. The first kappa shape index (κ1) is 11.1. The molecule has 16 heavy (non-hydrogen) atoms. The normalized spacial score (nSPS) is 24.8. The van der Waals surface area contributed by atoms with Crippen LogP contribution in [0.3, 0.4) is 0 Å². The number of nitrogens with two attached hydrogens (primary N) is 1. The second-order valence-electron chi connectivity index (χ2n) is 4.72. The van der Waals surface area contributed by atoms with Crippen LogP contribution in [0.4, 0.5) is 5.69 Å². The summed E-state index contributed by atoms with van der Waals surface area (Å²) in [5.74, 6) is 0.533. The molecule has 3 nitrogen and oxygen atoms in total. The summed E-state index contributed by atoms with van der Waals surface area (Å²) in [6.07, 6.45) is 0. The molecule has 1 aromatic carbocycles. The zero-order valence-corrected chi connectivity index (χ0v) is 9.97. The smallest absolute Gasteiger partial charge is 0.246 e. The summed E-state index contributed by atoms with van der Waals surface area (Å²) >= 11 is 0. The van der Waals surface area contributed by atoms with Crippen LogP contribution < -0.4 is 10.6 Å². The molecule has 1 aliphatic heterocycles. The molecule has 0 radical (unpaired) electrons. The van der Waals surface area contributed by atoms with Crippen molar-refractivity contribution in [3.05, 3.63) is 29.8 Å². The highest BCUT2D eigenvalue weighted by Gasteiger charge is 2.42. The van der Waals surface area contributed by atoms with Crippen LogP contribution in [0, 0.1) is 0 Å². The highest BCUT2D eigenvalue weighted by molar-refractivity contribution is 6.05. The first-order valence-electron chi connectivity index (χ1n) is 5.71. The first-order valence-corrected chi connectivity index (χ1v) is 5.71. The van der Waals surface area contributed by atoms with E-state index in [-0.39, 0.29) is 18.0 Å². The second kappa shape index (κ2) is 3.91. The monoisotopic (exact) mass is 218 g/mol. The van der Waals surface area contributed by atoms with Gasteiger partial charge in [0.1, 0.15) is 6.04 Å². The van der Waals surface area contributed by atoms with E-state index in [1.807, 2.05) is 19.1 Å². The van der Waals surface area contributed by atoms with Crippen LogP contribution in [0.1, 0.15) is 32.3 Å². The third kappa shape index (κ3) is 1.61. The lowest BCUT2D eigenvalue weighted by atomic mass is 9.95. The predicted octanol–water partition coefficient (Wildman–Crippen LogP) is 1.87. The van der Waals surface area contributed by atoms with Crippen LogP contribution in [0.15, 0.2) is 24.3 Å². The van der Waals surface area contributed by atoms with Crippen molar-refractivity contribution in [2.24, 2.45) is 5.73 Å². The van der Waals surface area contributed by atoms with Gasteiger partial charge in [-0.15, -0.1) is 0 Å². The zero-order chi connectivity index (χ0) is 11.9. The molecule has 86 valence electrons. The molecule has 3 heteroatoms. The van der Waals surface area contributed by atoms with Gasteiger partial charge in [-0.25, -0.2) is 0 Å². The number of carbonyl (C=O) groups is 1. The van der Waals surface area contributed by atoms with E-state index in [0.717, 1.165) is 5.69 Å². The summed E-state index contributed by atoms with van der Waals surface area (Å²) in [7, 11) is 0. The van der Waals surface area contributed by atoms with E-state index in [4.69, 9.17) is 5.73 Å². The lowest BCUT2D eigenvalue weighted by Crippen LogP contribution is -2.67. The number of rotatable bonds is 2. The minimum atomic E-state index is -0.329. The maximum atomic E-state index is 11.6. The molecular formula is C13H18N2O. The van der Waals surface area contributed by atoms with Crippen molar-refractivity contribution >= 4 is 11.6 Å². The lowest BCUT2D eigenvalue weighted by Gasteiger charge is -2.43. The van der Waals surface area contributed by atoms with Crippen LogP contribution in [0.5, 0.6) is 0 Å². The Hall–Kier alpha value is -1.35. The number of carbonyl (C=O) groups excluding carboxylic acids is 1. The summed E-state index contributed by atoms with van der Waals surface area (Å²) in [6.45, 7) is 6.28. The topological polar surface area (TPSA) is 46.3 Å². The SMILES string of the molecule is CC(C)c1ccc(N2C(=O)[C@@H](N)[C@H]2C)cc1. The summed E-state index contributed by atoms with van der Waals surface area (Å²) in [5, 5.41) is 0. The molecule has 2 rings (SSSR count). The first-order chi connectivity index (χ1) is 7.52. The van der Waals surface area contributed by atoms with E-state index in [2.05, 4.69) is 26.0 Å². The minimum absolute atomic E-state index is 0.0183. The summed E-state index contributed by atoms with van der Waals surface area (Å²) in [6, 6.07) is 7.92. The number of anilines is 1. The molecule has 0 spiro atoms. The van der Waals surface area contributed by atoms with Crippen LogP contribution in [-0.4, -0.2) is 18.0 Å². The highest BCUT2D eigenvalue weighted by Crippen LogP contribution is 2.28. The van der Waals surface area contributed by atoms with Gasteiger partial charge in [-0.1, -0.05) is 26.0 Å². The molecule has 1 heterocycles. The minimum Gasteiger partial charge on any atom is -0.318 e. The summed E-state index contributed by atoms with van der Waals surface area (Å²) in [4.78, 5) is 13.4. The van der Waals surface area contributed by atoms with Crippen LogP contribution in [0.25, 0.3) is 0 Å². The maximum Gasteiger partial charge on any atom is 0.246 e. The molecule has 0 aromatic heterocycles. The van der Waals surface area contributed by atoms with Gasteiger partial charge in [0.25, 0.3) is 0 Å². The molecule has 1 saturated heterocycles. The molecule has 0 saturated carbocycles. The number of amides is 1.